The van der Waals surface area contributed by atoms with E-state index in [0.29, 0.717) is 32.5 Å². The molecule has 0 radical (unpaired) electrons. The Morgan fingerprint density at radius 1 is 1.04 bits per heavy atom. The third-order valence-electron chi connectivity index (χ3n) is 8.63. The van der Waals surface area contributed by atoms with Crippen LogP contribution in [0.4, 0.5) is 8.78 Å². The van der Waals surface area contributed by atoms with Gasteiger partial charge in [0.25, 0.3) is 5.91 Å². The van der Waals surface area contributed by atoms with E-state index in [1.165, 1.54) is 22.6 Å². The van der Waals surface area contributed by atoms with E-state index in [9.17, 15) is 27.7 Å². The minimum atomic E-state index is -5.79. The van der Waals surface area contributed by atoms with Gasteiger partial charge in [-0.3, -0.25) is 23.9 Å². The number of amides is 3. The maximum Gasteiger partial charge on any atom is 0.399 e. The molecule has 2 aliphatic heterocycles. The number of fused-ring (bicyclic) bond motifs is 2. The molecule has 0 spiro atoms. The van der Waals surface area contributed by atoms with Crippen LogP contribution in [0.25, 0.3) is 10.9 Å². The van der Waals surface area contributed by atoms with E-state index in [1.54, 1.807) is 29.4 Å². The number of nitrogens with one attached hydrogen (secondary N) is 2. The van der Waals surface area contributed by atoms with Crippen LogP contribution in [0.15, 0.2) is 73.1 Å². The van der Waals surface area contributed by atoms with Gasteiger partial charge >= 0.3 is 13.3 Å². The highest BCUT2D eigenvalue weighted by Crippen LogP contribution is 2.59. The minimum absolute atomic E-state index is 0.0415. The Morgan fingerprint density at radius 2 is 1.78 bits per heavy atom. The number of hydrogen-bond donors (Lipinski definition) is 4. The number of aromatic nitrogens is 2. The standard InChI is InChI=1S/C32H32F2N5O6P/c33-32(34,46(43,44)45)24-7-8-25-23(17-24)18-26(36-25)29(40)37-27(16-20-9-12-35-13-10-20)30(41)39-14-3-6-28(39)31(42)38-15-11-21-4-1-2-5-22(21)19-38/h1-2,4-5,7-10,12-13,17-18,27-28,36H,3,6,11,14-16,19H2,(H,37,40)(H2,43,44,45)/t27?,28-/m0/s1. The highest BCUT2D eigenvalue weighted by atomic mass is 31.2. The summed E-state index contributed by atoms with van der Waals surface area (Å²) in [5, 5.41) is 2.89. The number of H-pyrrole nitrogens is 1. The van der Waals surface area contributed by atoms with Crippen molar-refractivity contribution in [3.8, 4) is 0 Å². The summed E-state index contributed by atoms with van der Waals surface area (Å²) in [7, 11) is -5.79. The van der Waals surface area contributed by atoms with Crippen LogP contribution < -0.4 is 5.32 Å². The number of pyridine rings is 1. The zero-order valence-electron chi connectivity index (χ0n) is 24.6. The van der Waals surface area contributed by atoms with Gasteiger partial charge in [0.05, 0.1) is 0 Å². The molecule has 240 valence electrons. The lowest BCUT2D eigenvalue weighted by atomic mass is 9.99. The molecular weight excluding hydrogens is 619 g/mol. The number of alkyl halides is 2. The Bertz CT molecular complexity index is 1850. The lowest BCUT2D eigenvalue weighted by Crippen LogP contribution is -2.55. The van der Waals surface area contributed by atoms with E-state index in [-0.39, 0.29) is 28.9 Å². The fourth-order valence-electron chi connectivity index (χ4n) is 6.18. The lowest BCUT2D eigenvalue weighted by molar-refractivity contribution is -0.145. The largest absolute Gasteiger partial charge is 0.399 e. The van der Waals surface area contributed by atoms with Crippen molar-refractivity contribution >= 4 is 36.2 Å². The number of halogens is 2. The molecule has 11 nitrogen and oxygen atoms in total. The molecule has 2 aromatic carbocycles. The van der Waals surface area contributed by atoms with E-state index in [2.05, 4.69) is 21.4 Å². The van der Waals surface area contributed by atoms with Gasteiger partial charge in [0.15, 0.2) is 0 Å². The van der Waals surface area contributed by atoms with E-state index in [0.717, 1.165) is 29.7 Å². The number of aromatic amines is 1. The number of hydrogen-bond acceptors (Lipinski definition) is 5. The molecule has 4 heterocycles. The van der Waals surface area contributed by atoms with Crippen molar-refractivity contribution in [2.24, 2.45) is 0 Å². The molecule has 1 unspecified atom stereocenters. The van der Waals surface area contributed by atoms with Crippen LogP contribution in [0.5, 0.6) is 0 Å². The van der Waals surface area contributed by atoms with Crippen molar-refractivity contribution in [3.05, 3.63) is 101 Å². The summed E-state index contributed by atoms with van der Waals surface area (Å²) in [4.78, 5) is 69.7. The third-order valence-corrected chi connectivity index (χ3v) is 9.62. The summed E-state index contributed by atoms with van der Waals surface area (Å²) < 4.78 is 40.0. The first-order chi connectivity index (χ1) is 21.9. The molecule has 4 aromatic rings. The lowest BCUT2D eigenvalue weighted by Gasteiger charge is -2.35. The van der Waals surface area contributed by atoms with Gasteiger partial charge in [-0.15, -0.1) is 0 Å². The highest BCUT2D eigenvalue weighted by Gasteiger charge is 2.50. The van der Waals surface area contributed by atoms with Crippen molar-refractivity contribution in [2.45, 2.75) is 50.0 Å². The SMILES string of the molecule is O=C(NC(Cc1ccncc1)C(=O)N1CCC[C@H]1C(=O)N1CCc2ccccc2C1)c1cc2cc(C(F)(F)P(=O)(O)O)ccc2[nH]1. The Kier molecular flexibility index (Phi) is 8.49. The average molecular weight is 652 g/mol. The predicted octanol–water partition coefficient (Wildman–Crippen LogP) is 3.71. The van der Waals surface area contributed by atoms with E-state index in [4.69, 9.17) is 9.79 Å². The van der Waals surface area contributed by atoms with Crippen LogP contribution in [-0.4, -0.2) is 72.4 Å². The molecule has 46 heavy (non-hydrogen) atoms. The van der Waals surface area contributed by atoms with Gasteiger partial charge in [-0.2, -0.15) is 8.78 Å². The first-order valence-corrected chi connectivity index (χ1v) is 16.5. The number of benzene rings is 2. The summed E-state index contributed by atoms with van der Waals surface area (Å²) in [6, 6.07) is 13.9. The molecule has 14 heteroatoms. The molecule has 2 atom stereocenters. The second-order valence-corrected chi connectivity index (χ2v) is 13.3. The smallest absolute Gasteiger partial charge is 0.351 e. The third kappa shape index (κ3) is 6.18. The summed E-state index contributed by atoms with van der Waals surface area (Å²) in [5.74, 6) is -1.24. The summed E-state index contributed by atoms with van der Waals surface area (Å²) >= 11 is 0. The van der Waals surface area contributed by atoms with Gasteiger partial charge in [0, 0.05) is 54.9 Å². The van der Waals surface area contributed by atoms with Crippen molar-refractivity contribution in [2.75, 3.05) is 13.1 Å². The number of rotatable bonds is 8. The Hall–Kier alpha value is -4.45. The Morgan fingerprint density at radius 3 is 2.52 bits per heavy atom. The molecule has 2 aromatic heterocycles. The van der Waals surface area contributed by atoms with Crippen molar-refractivity contribution in [1.82, 2.24) is 25.1 Å². The van der Waals surface area contributed by atoms with Gasteiger partial charge < -0.3 is 29.9 Å². The van der Waals surface area contributed by atoms with E-state index >= 15 is 0 Å². The molecule has 0 aliphatic carbocycles. The molecule has 0 bridgehead atoms. The molecule has 0 saturated carbocycles. The fourth-order valence-corrected chi connectivity index (χ4v) is 6.66. The molecule has 6 rings (SSSR count). The van der Waals surface area contributed by atoms with Crippen LogP contribution in [-0.2, 0) is 39.2 Å². The van der Waals surface area contributed by atoms with Gasteiger partial charge in [0.2, 0.25) is 11.8 Å². The summed E-state index contributed by atoms with van der Waals surface area (Å²) in [5.41, 5.74) is -2.06. The minimum Gasteiger partial charge on any atom is -0.351 e. The first kappa shape index (κ1) is 31.5. The molecule has 1 fully saturated rings. The van der Waals surface area contributed by atoms with Crippen molar-refractivity contribution < 1.29 is 37.5 Å². The predicted molar refractivity (Wildman–Crippen MR) is 164 cm³/mol. The molecule has 4 N–H and O–H groups in total. The zero-order chi connectivity index (χ0) is 32.6. The Labute approximate surface area is 262 Å². The maximum absolute atomic E-state index is 14.3. The maximum atomic E-state index is 14.3. The van der Waals surface area contributed by atoms with Crippen LogP contribution in [0.3, 0.4) is 0 Å². The van der Waals surface area contributed by atoms with Gasteiger partial charge in [-0.1, -0.05) is 30.3 Å². The molecular formula is C32H32F2N5O6P. The van der Waals surface area contributed by atoms with Gasteiger partial charge in [0.1, 0.15) is 17.8 Å². The second kappa shape index (κ2) is 12.4. The quantitative estimate of drug-likeness (QED) is 0.212. The normalized spacial score (nSPS) is 17.5. The topological polar surface area (TPSA) is 156 Å². The Balaban J connectivity index is 1.23. The first-order valence-electron chi connectivity index (χ1n) is 14.8. The zero-order valence-corrected chi connectivity index (χ0v) is 25.5. The number of carbonyl (C=O) groups is 3. The van der Waals surface area contributed by atoms with Gasteiger partial charge in [-0.25, -0.2) is 0 Å². The molecule has 3 amide bonds. The van der Waals surface area contributed by atoms with Crippen molar-refractivity contribution in [1.29, 1.82) is 0 Å². The van der Waals surface area contributed by atoms with E-state index < -0.39 is 42.7 Å². The summed E-state index contributed by atoms with van der Waals surface area (Å²) in [6.45, 7) is 1.37. The van der Waals surface area contributed by atoms with Crippen LogP contribution in [0, 0.1) is 0 Å². The van der Waals surface area contributed by atoms with Crippen LogP contribution >= 0.6 is 7.60 Å². The van der Waals surface area contributed by atoms with Gasteiger partial charge in [-0.05, 0) is 66.3 Å². The molecule has 2 aliphatic rings. The van der Waals surface area contributed by atoms with E-state index in [1.807, 2.05) is 18.2 Å². The number of likely N-dealkylation sites (tertiary alicyclic amines) is 1. The average Bonchev–Trinajstić information content (AvgIpc) is 3.71. The number of nitrogens with zero attached hydrogens (tertiary/aromatic N) is 3. The fraction of sp³-hybridized carbons (Fsp3) is 0.312. The van der Waals surface area contributed by atoms with Crippen LogP contribution in [0.1, 0.15) is 45.6 Å². The molecule has 1 saturated heterocycles. The highest BCUT2D eigenvalue weighted by molar-refractivity contribution is 7.52. The van der Waals surface area contributed by atoms with Crippen molar-refractivity contribution in [3.63, 3.8) is 0 Å². The van der Waals surface area contributed by atoms with Crippen LogP contribution in [0.2, 0.25) is 0 Å². The number of carbonyl (C=O) groups excluding carboxylic acids is 3. The second-order valence-electron chi connectivity index (χ2n) is 11.6. The summed E-state index contributed by atoms with van der Waals surface area (Å²) in [6.07, 6.45) is 5.11. The monoisotopic (exact) mass is 651 g/mol.